The summed E-state index contributed by atoms with van der Waals surface area (Å²) in [4.78, 5) is 4.53. The van der Waals surface area contributed by atoms with Crippen LogP contribution in [-0.2, 0) is 18.9 Å². The maximum absolute atomic E-state index is 4.53. The SMILES string of the molecule is CNCCc1nc(C(C)(C)C)nn1C. The highest BCUT2D eigenvalue weighted by atomic mass is 15.3. The van der Waals surface area contributed by atoms with Gasteiger partial charge in [0, 0.05) is 25.4 Å². The smallest absolute Gasteiger partial charge is 0.156 e. The summed E-state index contributed by atoms with van der Waals surface area (Å²) in [7, 11) is 3.90. The highest BCUT2D eigenvalue weighted by molar-refractivity contribution is 5.03. The molecule has 0 atom stereocenters. The van der Waals surface area contributed by atoms with Crippen molar-refractivity contribution in [1.82, 2.24) is 20.1 Å². The van der Waals surface area contributed by atoms with E-state index >= 15 is 0 Å². The maximum atomic E-state index is 4.53. The highest BCUT2D eigenvalue weighted by Gasteiger charge is 2.20. The zero-order valence-electron chi connectivity index (χ0n) is 9.76. The van der Waals surface area contributed by atoms with Crippen molar-refractivity contribution in [2.45, 2.75) is 32.6 Å². The maximum Gasteiger partial charge on any atom is 0.156 e. The molecule has 0 aliphatic heterocycles. The number of hydrogen-bond donors (Lipinski definition) is 1. The lowest BCUT2D eigenvalue weighted by Crippen LogP contribution is -2.14. The second-order valence-corrected chi connectivity index (χ2v) is 4.58. The van der Waals surface area contributed by atoms with Crippen molar-refractivity contribution in [2.24, 2.45) is 7.05 Å². The lowest BCUT2D eigenvalue weighted by molar-refractivity contribution is 0.538. The molecule has 1 N–H and O–H groups in total. The predicted molar refractivity (Wildman–Crippen MR) is 57.3 cm³/mol. The largest absolute Gasteiger partial charge is 0.319 e. The fourth-order valence-electron chi connectivity index (χ4n) is 1.19. The molecule has 0 radical (unpaired) electrons. The molecule has 0 amide bonds. The predicted octanol–water partition coefficient (Wildman–Crippen LogP) is 0.874. The van der Waals surface area contributed by atoms with Gasteiger partial charge in [0.05, 0.1) is 0 Å². The number of nitrogens with zero attached hydrogens (tertiary/aromatic N) is 3. The van der Waals surface area contributed by atoms with Gasteiger partial charge in [-0.3, -0.25) is 4.68 Å². The summed E-state index contributed by atoms with van der Waals surface area (Å²) in [5, 5.41) is 7.52. The highest BCUT2D eigenvalue weighted by Crippen LogP contribution is 2.18. The van der Waals surface area contributed by atoms with Crippen molar-refractivity contribution < 1.29 is 0 Å². The number of likely N-dealkylation sites (N-methyl/N-ethyl adjacent to an activating group) is 1. The van der Waals surface area contributed by atoms with E-state index in [0.29, 0.717) is 0 Å². The van der Waals surface area contributed by atoms with E-state index in [-0.39, 0.29) is 5.41 Å². The Hall–Kier alpha value is -0.900. The van der Waals surface area contributed by atoms with Gasteiger partial charge in [0.15, 0.2) is 5.82 Å². The lowest BCUT2D eigenvalue weighted by Gasteiger charge is -2.11. The Morgan fingerprint density at radius 1 is 1.36 bits per heavy atom. The summed E-state index contributed by atoms with van der Waals surface area (Å²) >= 11 is 0. The summed E-state index contributed by atoms with van der Waals surface area (Å²) in [6.45, 7) is 7.33. The third-order valence-electron chi connectivity index (χ3n) is 2.12. The first kappa shape index (κ1) is 11.2. The van der Waals surface area contributed by atoms with Crippen molar-refractivity contribution in [3.05, 3.63) is 11.6 Å². The molecule has 4 heteroatoms. The van der Waals surface area contributed by atoms with Gasteiger partial charge in [-0.2, -0.15) is 5.10 Å². The Kier molecular flexibility index (Phi) is 3.26. The molecule has 0 fully saturated rings. The van der Waals surface area contributed by atoms with Crippen LogP contribution < -0.4 is 5.32 Å². The first-order valence-electron chi connectivity index (χ1n) is 5.00. The van der Waals surface area contributed by atoms with E-state index in [1.807, 2.05) is 18.8 Å². The van der Waals surface area contributed by atoms with Crippen LogP contribution in [0.2, 0.25) is 0 Å². The monoisotopic (exact) mass is 196 g/mol. The first-order valence-corrected chi connectivity index (χ1v) is 5.00. The number of hydrogen-bond acceptors (Lipinski definition) is 3. The molecule has 1 rings (SSSR count). The molecule has 80 valence electrons. The summed E-state index contributed by atoms with van der Waals surface area (Å²) < 4.78 is 1.87. The van der Waals surface area contributed by atoms with E-state index in [9.17, 15) is 0 Å². The molecule has 0 saturated heterocycles. The van der Waals surface area contributed by atoms with Crippen molar-refractivity contribution in [1.29, 1.82) is 0 Å². The molecule has 4 nitrogen and oxygen atoms in total. The second kappa shape index (κ2) is 4.09. The Bertz CT molecular complexity index is 296. The third kappa shape index (κ3) is 2.54. The minimum atomic E-state index is 0.0374. The zero-order valence-corrected chi connectivity index (χ0v) is 9.76. The molecule has 1 aromatic rings. The molecule has 0 unspecified atom stereocenters. The fraction of sp³-hybridized carbons (Fsp3) is 0.800. The van der Waals surface area contributed by atoms with E-state index in [1.165, 1.54) is 0 Å². The van der Waals surface area contributed by atoms with Gasteiger partial charge in [-0.15, -0.1) is 0 Å². The van der Waals surface area contributed by atoms with Crippen LogP contribution in [0.25, 0.3) is 0 Å². The van der Waals surface area contributed by atoms with E-state index < -0.39 is 0 Å². The van der Waals surface area contributed by atoms with Crippen molar-refractivity contribution in [3.63, 3.8) is 0 Å². The van der Waals surface area contributed by atoms with Gasteiger partial charge in [-0.25, -0.2) is 4.98 Å². The van der Waals surface area contributed by atoms with Crippen molar-refractivity contribution >= 4 is 0 Å². The number of rotatable bonds is 3. The van der Waals surface area contributed by atoms with Crippen LogP contribution in [-0.4, -0.2) is 28.4 Å². The van der Waals surface area contributed by atoms with Gasteiger partial charge in [0.1, 0.15) is 5.82 Å². The molecule has 0 aromatic carbocycles. The van der Waals surface area contributed by atoms with Gasteiger partial charge in [0.25, 0.3) is 0 Å². The Balaban J connectivity index is 2.82. The fourth-order valence-corrected chi connectivity index (χ4v) is 1.19. The summed E-state index contributed by atoms with van der Waals surface area (Å²) in [5.74, 6) is 1.97. The standard InChI is InChI=1S/C10H20N4/c1-10(2,3)9-12-8(6-7-11-4)14(5)13-9/h11H,6-7H2,1-5H3. The van der Waals surface area contributed by atoms with Crippen LogP contribution >= 0.6 is 0 Å². The minimum Gasteiger partial charge on any atom is -0.319 e. The Morgan fingerprint density at radius 3 is 2.43 bits per heavy atom. The average Bonchev–Trinajstić information content (AvgIpc) is 2.43. The molecule has 0 saturated carbocycles. The van der Waals surface area contributed by atoms with Gasteiger partial charge >= 0.3 is 0 Å². The second-order valence-electron chi connectivity index (χ2n) is 4.58. The van der Waals surface area contributed by atoms with Crippen molar-refractivity contribution in [3.8, 4) is 0 Å². The molecule has 0 aliphatic carbocycles. The Morgan fingerprint density at radius 2 is 2.00 bits per heavy atom. The Labute approximate surface area is 85.7 Å². The topological polar surface area (TPSA) is 42.7 Å². The van der Waals surface area contributed by atoms with E-state index in [0.717, 1.165) is 24.6 Å². The van der Waals surface area contributed by atoms with Crippen LogP contribution in [0.3, 0.4) is 0 Å². The molecule has 1 aromatic heterocycles. The van der Waals surface area contributed by atoms with Gasteiger partial charge in [-0.05, 0) is 7.05 Å². The normalized spacial score (nSPS) is 12.1. The first-order chi connectivity index (χ1) is 6.45. The molecule has 1 heterocycles. The molecule has 0 spiro atoms. The molecular weight excluding hydrogens is 176 g/mol. The van der Waals surface area contributed by atoms with Gasteiger partial charge < -0.3 is 5.32 Å². The number of aromatic nitrogens is 3. The number of nitrogens with one attached hydrogen (secondary N) is 1. The van der Waals surface area contributed by atoms with Crippen molar-refractivity contribution in [2.75, 3.05) is 13.6 Å². The number of aryl methyl sites for hydroxylation is 1. The summed E-state index contributed by atoms with van der Waals surface area (Å²) in [6, 6.07) is 0. The molecule has 14 heavy (non-hydrogen) atoms. The van der Waals surface area contributed by atoms with E-state index in [1.54, 1.807) is 0 Å². The van der Waals surface area contributed by atoms with Gasteiger partial charge in [0.2, 0.25) is 0 Å². The van der Waals surface area contributed by atoms with E-state index in [2.05, 4.69) is 36.2 Å². The van der Waals surface area contributed by atoms with Crippen LogP contribution in [0.1, 0.15) is 32.4 Å². The van der Waals surface area contributed by atoms with E-state index in [4.69, 9.17) is 0 Å². The van der Waals surface area contributed by atoms with Crippen LogP contribution in [0, 0.1) is 0 Å². The zero-order chi connectivity index (χ0) is 10.8. The summed E-state index contributed by atoms with van der Waals surface area (Å²) in [6.07, 6.45) is 0.927. The van der Waals surface area contributed by atoms with Crippen LogP contribution in [0.15, 0.2) is 0 Å². The molecule has 0 aliphatic rings. The third-order valence-corrected chi connectivity index (χ3v) is 2.12. The molecular formula is C10H20N4. The lowest BCUT2D eigenvalue weighted by atomic mass is 9.96. The quantitative estimate of drug-likeness (QED) is 0.780. The summed E-state index contributed by atoms with van der Waals surface area (Å²) in [5.41, 5.74) is 0.0374. The average molecular weight is 196 g/mol. The molecule has 0 bridgehead atoms. The van der Waals surface area contributed by atoms with Crippen LogP contribution in [0.4, 0.5) is 0 Å². The van der Waals surface area contributed by atoms with Gasteiger partial charge in [-0.1, -0.05) is 20.8 Å². The minimum absolute atomic E-state index is 0.0374. The van der Waals surface area contributed by atoms with Crippen LogP contribution in [0.5, 0.6) is 0 Å².